The zero-order valence-electron chi connectivity index (χ0n) is 13.5. The van der Waals surface area contributed by atoms with Crippen LogP contribution in [0.4, 0.5) is 13.2 Å². The van der Waals surface area contributed by atoms with Crippen LogP contribution in [-0.2, 0) is 18.8 Å². The highest BCUT2D eigenvalue weighted by Gasteiger charge is 2.39. The van der Waals surface area contributed by atoms with Crippen LogP contribution in [0.15, 0.2) is 30.5 Å². The first kappa shape index (κ1) is 16.9. The molecule has 3 rings (SSSR count). The molecule has 1 fully saturated rings. The van der Waals surface area contributed by atoms with E-state index in [9.17, 15) is 13.2 Å². The Balaban J connectivity index is 1.87. The van der Waals surface area contributed by atoms with Gasteiger partial charge in [0.05, 0.1) is 17.3 Å². The van der Waals surface area contributed by atoms with Gasteiger partial charge in [0, 0.05) is 24.8 Å². The van der Waals surface area contributed by atoms with Gasteiger partial charge in [0.25, 0.3) is 0 Å². The fourth-order valence-corrected chi connectivity index (χ4v) is 3.40. The SMILES string of the molecule is C[C@H]1C[C@@](N)(c2ccc(C(F)(F)F)cc2)C[C@@H](c2cn(C)nn2)N1. The van der Waals surface area contributed by atoms with Gasteiger partial charge in [0.1, 0.15) is 0 Å². The molecule has 0 unspecified atom stereocenters. The maximum atomic E-state index is 12.7. The third kappa shape index (κ3) is 3.29. The van der Waals surface area contributed by atoms with Crippen LogP contribution in [0.5, 0.6) is 0 Å². The van der Waals surface area contributed by atoms with Crippen LogP contribution in [-0.4, -0.2) is 21.0 Å². The lowest BCUT2D eigenvalue weighted by molar-refractivity contribution is -0.137. The van der Waals surface area contributed by atoms with Crippen molar-refractivity contribution in [2.75, 3.05) is 0 Å². The molecule has 3 N–H and O–H groups in total. The molecule has 0 radical (unpaired) electrons. The van der Waals surface area contributed by atoms with Crippen LogP contribution in [0, 0.1) is 0 Å². The predicted molar refractivity (Wildman–Crippen MR) is 82.9 cm³/mol. The van der Waals surface area contributed by atoms with E-state index in [1.165, 1.54) is 12.1 Å². The number of hydrogen-bond donors (Lipinski definition) is 2. The molecule has 1 aromatic heterocycles. The summed E-state index contributed by atoms with van der Waals surface area (Å²) < 4.78 is 39.9. The van der Waals surface area contributed by atoms with Crippen molar-refractivity contribution in [3.63, 3.8) is 0 Å². The summed E-state index contributed by atoms with van der Waals surface area (Å²) >= 11 is 0. The highest BCUT2D eigenvalue weighted by molar-refractivity contribution is 5.31. The molecule has 0 saturated carbocycles. The van der Waals surface area contributed by atoms with E-state index in [1.807, 2.05) is 13.1 Å². The Morgan fingerprint density at radius 2 is 1.92 bits per heavy atom. The van der Waals surface area contributed by atoms with E-state index < -0.39 is 17.3 Å². The number of benzene rings is 1. The molecule has 0 amide bonds. The fraction of sp³-hybridized carbons (Fsp3) is 0.500. The topological polar surface area (TPSA) is 68.8 Å². The molecule has 1 saturated heterocycles. The number of piperidine rings is 1. The largest absolute Gasteiger partial charge is 0.416 e. The number of nitrogens with two attached hydrogens (primary N) is 1. The monoisotopic (exact) mass is 339 g/mol. The summed E-state index contributed by atoms with van der Waals surface area (Å²) in [5.74, 6) is 0. The number of hydrogen-bond acceptors (Lipinski definition) is 4. The van der Waals surface area contributed by atoms with Crippen molar-refractivity contribution in [2.45, 2.75) is 43.6 Å². The molecule has 24 heavy (non-hydrogen) atoms. The molecular formula is C16H20F3N5. The highest BCUT2D eigenvalue weighted by Crippen LogP contribution is 2.38. The zero-order valence-corrected chi connectivity index (χ0v) is 13.5. The van der Waals surface area contributed by atoms with Crippen molar-refractivity contribution < 1.29 is 13.2 Å². The average molecular weight is 339 g/mol. The molecular weight excluding hydrogens is 319 g/mol. The number of nitrogens with zero attached hydrogens (tertiary/aromatic N) is 3. The number of nitrogens with one attached hydrogen (secondary N) is 1. The van der Waals surface area contributed by atoms with Crippen molar-refractivity contribution in [2.24, 2.45) is 12.8 Å². The van der Waals surface area contributed by atoms with Crippen LogP contribution >= 0.6 is 0 Å². The van der Waals surface area contributed by atoms with Gasteiger partial charge in [-0.3, -0.25) is 4.68 Å². The molecule has 0 aliphatic carbocycles. The summed E-state index contributed by atoms with van der Waals surface area (Å²) in [6.07, 6.45) is -1.34. The van der Waals surface area contributed by atoms with Crippen LogP contribution in [0.1, 0.15) is 42.6 Å². The third-order valence-corrected chi connectivity index (χ3v) is 4.49. The lowest BCUT2D eigenvalue weighted by Crippen LogP contribution is -2.51. The van der Waals surface area contributed by atoms with Gasteiger partial charge in [0.15, 0.2) is 0 Å². The van der Waals surface area contributed by atoms with Crippen LogP contribution in [0.2, 0.25) is 0 Å². The first-order chi connectivity index (χ1) is 11.2. The first-order valence-electron chi connectivity index (χ1n) is 7.76. The first-order valence-corrected chi connectivity index (χ1v) is 7.76. The zero-order chi connectivity index (χ0) is 17.5. The highest BCUT2D eigenvalue weighted by atomic mass is 19.4. The van der Waals surface area contributed by atoms with E-state index in [-0.39, 0.29) is 12.1 Å². The Morgan fingerprint density at radius 3 is 2.46 bits per heavy atom. The van der Waals surface area contributed by atoms with Crippen molar-refractivity contribution in [3.8, 4) is 0 Å². The fourth-order valence-electron chi connectivity index (χ4n) is 3.40. The Hall–Kier alpha value is -1.93. The molecule has 2 heterocycles. The maximum Gasteiger partial charge on any atom is 0.416 e. The molecule has 5 nitrogen and oxygen atoms in total. The second-order valence-corrected chi connectivity index (χ2v) is 6.58. The summed E-state index contributed by atoms with van der Waals surface area (Å²) in [5, 5.41) is 11.5. The van der Waals surface area contributed by atoms with Gasteiger partial charge >= 0.3 is 6.18 Å². The van der Waals surface area contributed by atoms with E-state index in [4.69, 9.17) is 5.73 Å². The smallest absolute Gasteiger partial charge is 0.321 e. The van der Waals surface area contributed by atoms with Crippen LogP contribution in [0.3, 0.4) is 0 Å². The number of rotatable bonds is 2. The Morgan fingerprint density at radius 1 is 1.25 bits per heavy atom. The van der Waals surface area contributed by atoms with E-state index in [0.717, 1.165) is 17.8 Å². The predicted octanol–water partition coefficient (Wildman–Crippen LogP) is 2.50. The molecule has 1 aliphatic rings. The van der Waals surface area contributed by atoms with Crippen molar-refractivity contribution >= 4 is 0 Å². The van der Waals surface area contributed by atoms with E-state index >= 15 is 0 Å². The molecule has 8 heteroatoms. The Bertz CT molecular complexity index is 709. The molecule has 2 aromatic rings. The second-order valence-electron chi connectivity index (χ2n) is 6.58. The van der Waals surface area contributed by atoms with Crippen molar-refractivity contribution in [1.82, 2.24) is 20.3 Å². The molecule has 130 valence electrons. The summed E-state index contributed by atoms with van der Waals surface area (Å²) in [6.45, 7) is 2.01. The Kier molecular flexibility index (Phi) is 4.13. The molecule has 0 spiro atoms. The summed E-state index contributed by atoms with van der Waals surface area (Å²) in [4.78, 5) is 0. The third-order valence-electron chi connectivity index (χ3n) is 4.49. The van der Waals surface area contributed by atoms with Gasteiger partial charge in [-0.15, -0.1) is 5.10 Å². The lowest BCUT2D eigenvalue weighted by atomic mass is 9.76. The van der Waals surface area contributed by atoms with Crippen LogP contribution in [0.25, 0.3) is 0 Å². The van der Waals surface area contributed by atoms with E-state index in [1.54, 1.807) is 11.7 Å². The minimum Gasteiger partial charge on any atom is -0.321 e. The normalized spacial score (nSPS) is 28.1. The van der Waals surface area contributed by atoms with Gasteiger partial charge in [0.2, 0.25) is 0 Å². The van der Waals surface area contributed by atoms with Gasteiger partial charge in [-0.25, -0.2) is 0 Å². The van der Waals surface area contributed by atoms with E-state index in [2.05, 4.69) is 15.6 Å². The standard InChI is InChI=1S/C16H20F3N5/c1-10-7-15(20,8-13(21-10)14-9-24(2)23-22-14)11-3-5-12(6-4-11)16(17,18)19/h3-6,9-10,13,21H,7-8,20H2,1-2H3/t10-,13-,15-/m0/s1. The van der Waals surface area contributed by atoms with Crippen molar-refractivity contribution in [3.05, 3.63) is 47.3 Å². The van der Waals surface area contributed by atoms with Gasteiger partial charge in [-0.05, 0) is 37.5 Å². The lowest BCUT2D eigenvalue weighted by Gasteiger charge is -2.42. The summed E-state index contributed by atoms with van der Waals surface area (Å²) in [7, 11) is 1.79. The second kappa shape index (κ2) is 5.86. The van der Waals surface area contributed by atoms with Gasteiger partial charge in [-0.1, -0.05) is 17.3 Å². The number of aromatic nitrogens is 3. The minimum atomic E-state index is -4.34. The number of alkyl halides is 3. The molecule has 1 aliphatic heterocycles. The van der Waals surface area contributed by atoms with Gasteiger partial charge < -0.3 is 11.1 Å². The van der Waals surface area contributed by atoms with Gasteiger partial charge in [-0.2, -0.15) is 13.2 Å². The molecule has 1 aromatic carbocycles. The Labute approximate surface area is 138 Å². The molecule has 3 atom stereocenters. The quantitative estimate of drug-likeness (QED) is 0.882. The summed E-state index contributed by atoms with van der Waals surface area (Å²) in [5.41, 5.74) is 6.70. The average Bonchev–Trinajstić information content (AvgIpc) is 2.92. The maximum absolute atomic E-state index is 12.7. The van der Waals surface area contributed by atoms with E-state index in [0.29, 0.717) is 18.4 Å². The van der Waals surface area contributed by atoms with Crippen molar-refractivity contribution in [1.29, 1.82) is 0 Å². The minimum absolute atomic E-state index is 0.0882. The molecule has 0 bridgehead atoms. The number of aryl methyl sites for hydroxylation is 1. The van der Waals surface area contributed by atoms with Crippen LogP contribution < -0.4 is 11.1 Å². The summed E-state index contributed by atoms with van der Waals surface area (Å²) in [6, 6.07) is 5.17. The number of halogens is 3.